The Kier molecular flexibility index (Phi) is 17.3. The second-order valence-corrected chi connectivity index (χ2v) is 5.62. The highest BCUT2D eigenvalue weighted by Gasteiger charge is 2.16. The van der Waals surface area contributed by atoms with Gasteiger partial charge in [-0.25, -0.2) is 4.79 Å². The Bertz CT molecular complexity index is 371. The molecule has 7 heteroatoms. The lowest BCUT2D eigenvalue weighted by Gasteiger charge is -2.13. The molecule has 0 bridgehead atoms. The number of rotatable bonds is 18. The lowest BCUT2D eigenvalue weighted by molar-refractivity contribution is -0.150. The maximum Gasteiger partial charge on any atom is 0.330 e. The van der Waals surface area contributed by atoms with Crippen molar-refractivity contribution in [3.05, 3.63) is 12.7 Å². The predicted octanol–water partition coefficient (Wildman–Crippen LogP) is 2.53. The van der Waals surface area contributed by atoms with Crippen molar-refractivity contribution in [3.8, 4) is 0 Å². The van der Waals surface area contributed by atoms with Crippen molar-refractivity contribution >= 4 is 11.9 Å². The van der Waals surface area contributed by atoms with Gasteiger partial charge in [0.15, 0.2) is 0 Å². The van der Waals surface area contributed by atoms with Crippen LogP contribution in [-0.4, -0.2) is 64.8 Å². The highest BCUT2D eigenvalue weighted by molar-refractivity contribution is 5.81. The van der Waals surface area contributed by atoms with Crippen LogP contribution in [0.1, 0.15) is 39.5 Å². The Morgan fingerprint density at radius 3 is 1.81 bits per heavy atom. The average molecular weight is 374 g/mol. The topological polar surface area (TPSA) is 80.3 Å². The summed E-state index contributed by atoms with van der Waals surface area (Å²) in [6, 6.07) is 0. The molecular weight excluding hydrogens is 340 g/mol. The lowest BCUT2D eigenvalue weighted by Crippen LogP contribution is -2.20. The van der Waals surface area contributed by atoms with E-state index in [1.54, 1.807) is 0 Å². The first-order valence-electron chi connectivity index (χ1n) is 9.34. The molecule has 0 aliphatic carbocycles. The van der Waals surface area contributed by atoms with Crippen LogP contribution < -0.4 is 0 Å². The van der Waals surface area contributed by atoms with Gasteiger partial charge in [0, 0.05) is 6.08 Å². The number of unbranched alkanes of at least 4 members (excludes halogenated alkanes) is 1. The number of hydrogen-bond acceptors (Lipinski definition) is 7. The molecule has 0 amide bonds. The molecule has 26 heavy (non-hydrogen) atoms. The average Bonchev–Trinajstić information content (AvgIpc) is 2.65. The summed E-state index contributed by atoms with van der Waals surface area (Å²) >= 11 is 0. The molecule has 0 saturated carbocycles. The minimum Gasteiger partial charge on any atom is -0.463 e. The fourth-order valence-corrected chi connectivity index (χ4v) is 2.06. The molecule has 1 atom stereocenters. The van der Waals surface area contributed by atoms with Gasteiger partial charge in [-0.1, -0.05) is 33.3 Å². The number of esters is 2. The minimum absolute atomic E-state index is 0.00132. The van der Waals surface area contributed by atoms with E-state index < -0.39 is 5.97 Å². The smallest absolute Gasteiger partial charge is 0.330 e. The molecule has 7 nitrogen and oxygen atoms in total. The molecule has 0 rings (SSSR count). The standard InChI is InChI=1S/C19H34O7/c1-4-7-8-17(5-2)19(21)26-16-14-24-12-10-22-9-11-23-13-15-25-18(20)6-3/h6,17H,3-5,7-16H2,1-2H3. The highest BCUT2D eigenvalue weighted by Crippen LogP contribution is 2.14. The maximum atomic E-state index is 11.9. The largest absolute Gasteiger partial charge is 0.463 e. The number of carbonyl (C=O) groups excluding carboxylic acids is 2. The molecule has 1 unspecified atom stereocenters. The van der Waals surface area contributed by atoms with Crippen LogP contribution in [0.2, 0.25) is 0 Å². The first-order valence-corrected chi connectivity index (χ1v) is 9.34. The van der Waals surface area contributed by atoms with Gasteiger partial charge in [0.2, 0.25) is 0 Å². The highest BCUT2D eigenvalue weighted by atomic mass is 16.6. The summed E-state index contributed by atoms with van der Waals surface area (Å²) < 4.78 is 25.9. The van der Waals surface area contributed by atoms with E-state index in [1.807, 2.05) is 6.92 Å². The molecule has 0 aromatic heterocycles. The third-order valence-corrected chi connectivity index (χ3v) is 3.59. The molecule has 0 heterocycles. The molecular formula is C19H34O7. The number of hydrogen-bond donors (Lipinski definition) is 0. The van der Waals surface area contributed by atoms with E-state index in [0.29, 0.717) is 39.6 Å². The van der Waals surface area contributed by atoms with Crippen molar-refractivity contribution < 1.29 is 33.3 Å². The Morgan fingerprint density at radius 1 is 0.846 bits per heavy atom. The molecule has 0 radical (unpaired) electrons. The SMILES string of the molecule is C=CC(=O)OCCOCCOCCOCCOC(=O)C(CC)CCCC. The normalized spacial score (nSPS) is 11.8. The second kappa shape index (κ2) is 18.4. The molecule has 0 saturated heterocycles. The lowest BCUT2D eigenvalue weighted by atomic mass is 10.00. The van der Waals surface area contributed by atoms with E-state index in [1.165, 1.54) is 0 Å². The van der Waals surface area contributed by atoms with Crippen molar-refractivity contribution in [2.75, 3.05) is 52.9 Å². The van der Waals surface area contributed by atoms with Gasteiger partial charge in [0.25, 0.3) is 0 Å². The first-order chi connectivity index (χ1) is 12.7. The summed E-state index contributed by atoms with van der Waals surface area (Å²) in [5.74, 6) is -0.589. The van der Waals surface area contributed by atoms with Gasteiger partial charge in [0.05, 0.1) is 45.6 Å². The first kappa shape index (κ1) is 24.6. The molecule has 0 spiro atoms. The van der Waals surface area contributed by atoms with Gasteiger partial charge in [-0.05, 0) is 12.8 Å². The van der Waals surface area contributed by atoms with Gasteiger partial charge in [-0.2, -0.15) is 0 Å². The van der Waals surface area contributed by atoms with Gasteiger partial charge < -0.3 is 23.7 Å². The predicted molar refractivity (Wildman–Crippen MR) is 97.9 cm³/mol. The summed E-state index contributed by atoms with van der Waals surface area (Å²) in [6.45, 7) is 10.3. The van der Waals surface area contributed by atoms with Crippen molar-refractivity contribution in [1.29, 1.82) is 0 Å². The summed E-state index contributed by atoms with van der Waals surface area (Å²) in [4.78, 5) is 22.6. The zero-order valence-corrected chi connectivity index (χ0v) is 16.2. The Labute approximate surface area is 157 Å². The maximum absolute atomic E-state index is 11.9. The number of ether oxygens (including phenoxy) is 5. The molecule has 0 fully saturated rings. The van der Waals surface area contributed by atoms with Crippen LogP contribution >= 0.6 is 0 Å². The van der Waals surface area contributed by atoms with E-state index in [9.17, 15) is 9.59 Å². The molecule has 0 aromatic rings. The van der Waals surface area contributed by atoms with E-state index in [4.69, 9.17) is 23.7 Å². The third-order valence-electron chi connectivity index (χ3n) is 3.59. The van der Waals surface area contributed by atoms with Crippen LogP contribution in [0.4, 0.5) is 0 Å². The molecule has 0 aliphatic rings. The van der Waals surface area contributed by atoms with Crippen LogP contribution in [-0.2, 0) is 33.3 Å². The van der Waals surface area contributed by atoms with Crippen molar-refractivity contribution in [2.45, 2.75) is 39.5 Å². The third kappa shape index (κ3) is 14.9. The zero-order valence-electron chi connectivity index (χ0n) is 16.2. The van der Waals surface area contributed by atoms with E-state index in [0.717, 1.165) is 31.8 Å². The number of carbonyl (C=O) groups is 2. The Hall–Kier alpha value is -1.44. The van der Waals surface area contributed by atoms with E-state index >= 15 is 0 Å². The van der Waals surface area contributed by atoms with Crippen molar-refractivity contribution in [2.24, 2.45) is 5.92 Å². The van der Waals surface area contributed by atoms with Crippen molar-refractivity contribution in [1.82, 2.24) is 0 Å². The monoisotopic (exact) mass is 374 g/mol. The molecule has 0 aliphatic heterocycles. The Morgan fingerprint density at radius 2 is 1.35 bits per heavy atom. The van der Waals surface area contributed by atoms with Crippen LogP contribution in [0.5, 0.6) is 0 Å². The van der Waals surface area contributed by atoms with Gasteiger partial charge >= 0.3 is 11.9 Å². The van der Waals surface area contributed by atoms with Gasteiger partial charge in [-0.15, -0.1) is 0 Å². The summed E-state index contributed by atoms with van der Waals surface area (Å²) in [6.07, 6.45) is 4.94. The fraction of sp³-hybridized carbons (Fsp3) is 0.789. The van der Waals surface area contributed by atoms with Gasteiger partial charge in [0.1, 0.15) is 13.2 Å². The van der Waals surface area contributed by atoms with Crippen LogP contribution in [0.3, 0.4) is 0 Å². The van der Waals surface area contributed by atoms with Crippen molar-refractivity contribution in [3.63, 3.8) is 0 Å². The van der Waals surface area contributed by atoms with Crippen LogP contribution in [0, 0.1) is 5.92 Å². The van der Waals surface area contributed by atoms with Crippen LogP contribution in [0.25, 0.3) is 0 Å². The van der Waals surface area contributed by atoms with Gasteiger partial charge in [-0.3, -0.25) is 4.79 Å². The van der Waals surface area contributed by atoms with Crippen LogP contribution in [0.15, 0.2) is 12.7 Å². The van der Waals surface area contributed by atoms with E-state index in [2.05, 4.69) is 13.5 Å². The zero-order chi connectivity index (χ0) is 19.5. The fourth-order valence-electron chi connectivity index (χ4n) is 2.06. The molecule has 0 aromatic carbocycles. The Balaban J connectivity index is 3.34. The minimum atomic E-state index is -0.459. The molecule has 152 valence electrons. The summed E-state index contributed by atoms with van der Waals surface area (Å²) in [5, 5.41) is 0. The second-order valence-electron chi connectivity index (χ2n) is 5.62. The summed E-state index contributed by atoms with van der Waals surface area (Å²) in [7, 11) is 0. The molecule has 0 N–H and O–H groups in total. The summed E-state index contributed by atoms with van der Waals surface area (Å²) in [5.41, 5.74) is 0. The van der Waals surface area contributed by atoms with E-state index in [-0.39, 0.29) is 25.1 Å². The quantitative estimate of drug-likeness (QED) is 0.207.